The molecular weight excluding hydrogens is 544 g/mol. The average molecular weight is 591 g/mol. The van der Waals surface area contributed by atoms with Crippen LogP contribution in [0.25, 0.3) is 0 Å². The number of benzene rings is 1. The van der Waals surface area contributed by atoms with Gasteiger partial charge in [0.2, 0.25) is 18.2 Å². The molecule has 0 radical (unpaired) electrons. The summed E-state index contributed by atoms with van der Waals surface area (Å²) in [5.41, 5.74) is 11.1. The minimum Gasteiger partial charge on any atom is -0.392 e. The van der Waals surface area contributed by atoms with E-state index in [-0.39, 0.29) is 48.6 Å². The maximum atomic E-state index is 11.9. The maximum absolute atomic E-state index is 11.9. The fraction of sp³-hybridized carbons (Fsp3) is 0.517. The molecule has 234 valence electrons. The SMILES string of the molecule is CC(C)C(C=O)NC(=O)CCCCCN1C(=O)C=CC1=O.CNC(CCCN)C(=O)Nc1ccc(CO)cc1.NC=O. The van der Waals surface area contributed by atoms with E-state index in [0.29, 0.717) is 38.8 Å². The van der Waals surface area contributed by atoms with Crippen LogP contribution < -0.4 is 27.4 Å². The molecule has 13 heteroatoms. The molecule has 5 amide bonds. The van der Waals surface area contributed by atoms with Gasteiger partial charge in [0.25, 0.3) is 11.8 Å². The van der Waals surface area contributed by atoms with Crippen LogP contribution >= 0.6 is 0 Å². The number of carbonyl (C=O) groups is 6. The fourth-order valence-electron chi connectivity index (χ4n) is 3.65. The van der Waals surface area contributed by atoms with E-state index >= 15 is 0 Å². The van der Waals surface area contributed by atoms with Gasteiger partial charge in [-0.25, -0.2) is 0 Å². The lowest BCUT2D eigenvalue weighted by molar-refractivity contribution is -0.137. The number of hydrogen-bond donors (Lipinski definition) is 6. The number of carbonyl (C=O) groups excluding carboxylic acids is 6. The summed E-state index contributed by atoms with van der Waals surface area (Å²) in [5.74, 6) is -0.684. The Kier molecular flexibility index (Phi) is 20.6. The zero-order valence-electron chi connectivity index (χ0n) is 24.7. The van der Waals surface area contributed by atoms with E-state index in [1.807, 2.05) is 13.8 Å². The van der Waals surface area contributed by atoms with Gasteiger partial charge in [-0.1, -0.05) is 32.4 Å². The molecule has 1 aliphatic heterocycles. The minimum atomic E-state index is -0.441. The Bertz CT molecular complexity index is 996. The third-order valence-corrected chi connectivity index (χ3v) is 6.14. The molecule has 1 aromatic rings. The average Bonchev–Trinajstić information content (AvgIpc) is 3.29. The predicted octanol–water partition coefficient (Wildman–Crippen LogP) is 0.357. The number of imide groups is 1. The molecule has 2 atom stereocenters. The number of likely N-dealkylation sites (N-methyl/N-ethyl adjacent to an activating group) is 1. The largest absolute Gasteiger partial charge is 0.392 e. The Labute approximate surface area is 247 Å². The van der Waals surface area contributed by atoms with Crippen molar-refractivity contribution in [1.29, 1.82) is 0 Å². The Morgan fingerprint density at radius 3 is 2.07 bits per heavy atom. The maximum Gasteiger partial charge on any atom is 0.253 e. The van der Waals surface area contributed by atoms with E-state index in [1.54, 1.807) is 31.3 Å². The number of nitrogens with zero attached hydrogens (tertiary/aromatic N) is 1. The van der Waals surface area contributed by atoms with Crippen LogP contribution in [0.4, 0.5) is 5.69 Å². The molecule has 1 heterocycles. The summed E-state index contributed by atoms with van der Waals surface area (Å²) < 4.78 is 0. The molecular formula is C29H46N6O7. The second-order valence-electron chi connectivity index (χ2n) is 9.70. The van der Waals surface area contributed by atoms with Crippen molar-refractivity contribution >= 4 is 42.0 Å². The van der Waals surface area contributed by atoms with Crippen molar-refractivity contribution in [2.45, 2.75) is 71.1 Å². The third-order valence-electron chi connectivity index (χ3n) is 6.14. The van der Waals surface area contributed by atoms with Gasteiger partial charge in [-0.2, -0.15) is 0 Å². The molecule has 13 nitrogen and oxygen atoms in total. The molecule has 0 aliphatic carbocycles. The lowest BCUT2D eigenvalue weighted by Gasteiger charge is -2.16. The first kappa shape index (κ1) is 38.1. The number of anilines is 1. The summed E-state index contributed by atoms with van der Waals surface area (Å²) in [5, 5.41) is 17.4. The molecule has 0 bridgehead atoms. The van der Waals surface area contributed by atoms with Crippen molar-refractivity contribution in [2.75, 3.05) is 25.5 Å². The van der Waals surface area contributed by atoms with Crippen LogP contribution in [0.5, 0.6) is 0 Å². The molecule has 1 aliphatic rings. The van der Waals surface area contributed by atoms with Crippen LogP contribution in [0.1, 0.15) is 57.9 Å². The number of unbranched alkanes of at least 4 members (excludes halogenated alkanes) is 2. The van der Waals surface area contributed by atoms with E-state index < -0.39 is 6.04 Å². The quantitative estimate of drug-likeness (QED) is 0.0889. The number of nitrogens with one attached hydrogen (secondary N) is 3. The molecule has 0 spiro atoms. The Balaban J connectivity index is 0.000000739. The first-order chi connectivity index (χ1) is 20.1. The Hall–Kier alpha value is -3.94. The van der Waals surface area contributed by atoms with Crippen molar-refractivity contribution < 1.29 is 33.9 Å². The van der Waals surface area contributed by atoms with Gasteiger partial charge in [0, 0.05) is 30.8 Å². The summed E-state index contributed by atoms with van der Waals surface area (Å²) in [4.78, 5) is 66.7. The highest BCUT2D eigenvalue weighted by atomic mass is 16.3. The molecule has 8 N–H and O–H groups in total. The van der Waals surface area contributed by atoms with Crippen LogP contribution in [-0.2, 0) is 35.4 Å². The number of aldehydes is 1. The number of primary amides is 1. The van der Waals surface area contributed by atoms with E-state index in [2.05, 4.69) is 21.7 Å². The Morgan fingerprint density at radius 1 is 1.00 bits per heavy atom. The number of nitrogens with two attached hydrogens (primary N) is 2. The standard InChI is InChI=1S/C15H22N2O4.C13H21N3O2.CH3NO/c1-11(2)12(10-18)16-13(19)6-4-3-5-9-17-14(20)7-8-15(17)21;1-15-12(3-2-8-14)13(18)16-11-6-4-10(9-17)5-7-11;2-1-3/h7-8,10-12H,3-6,9H2,1-2H3,(H,16,19);4-7,12,15,17H,2-3,8-9,14H2,1H3,(H,16,18);1H,(H2,2,3). The van der Waals surface area contributed by atoms with Crippen molar-refractivity contribution in [1.82, 2.24) is 15.5 Å². The second kappa shape index (κ2) is 22.7. The zero-order valence-corrected chi connectivity index (χ0v) is 24.7. The normalized spacial score (nSPS) is 13.3. The van der Waals surface area contributed by atoms with Crippen LogP contribution in [0.15, 0.2) is 36.4 Å². The van der Waals surface area contributed by atoms with E-state index in [0.717, 1.165) is 30.4 Å². The minimum absolute atomic E-state index is 0.00384. The predicted molar refractivity (Wildman–Crippen MR) is 160 cm³/mol. The van der Waals surface area contributed by atoms with E-state index in [4.69, 9.17) is 15.6 Å². The summed E-state index contributed by atoms with van der Waals surface area (Å²) in [6.07, 6.45) is 7.49. The summed E-state index contributed by atoms with van der Waals surface area (Å²) >= 11 is 0. The van der Waals surface area contributed by atoms with Crippen LogP contribution in [0, 0.1) is 5.92 Å². The lowest BCUT2D eigenvalue weighted by atomic mass is 10.1. The molecule has 1 aromatic carbocycles. The van der Waals surface area contributed by atoms with E-state index in [1.165, 1.54) is 17.1 Å². The molecule has 2 rings (SSSR count). The second-order valence-corrected chi connectivity index (χ2v) is 9.70. The van der Waals surface area contributed by atoms with Crippen molar-refractivity contribution in [3.05, 3.63) is 42.0 Å². The van der Waals surface area contributed by atoms with Crippen molar-refractivity contribution in [3.63, 3.8) is 0 Å². The molecule has 0 saturated heterocycles. The number of amides is 5. The van der Waals surface area contributed by atoms with Gasteiger partial charge in [0.05, 0.1) is 18.7 Å². The van der Waals surface area contributed by atoms with Crippen molar-refractivity contribution in [2.24, 2.45) is 17.4 Å². The van der Waals surface area contributed by atoms with Gasteiger partial charge >= 0.3 is 0 Å². The van der Waals surface area contributed by atoms with E-state index in [9.17, 15) is 24.0 Å². The molecule has 0 aromatic heterocycles. The fourth-order valence-corrected chi connectivity index (χ4v) is 3.65. The number of aliphatic hydroxyl groups is 1. The highest BCUT2D eigenvalue weighted by molar-refractivity contribution is 6.12. The number of aliphatic hydroxyl groups excluding tert-OH is 1. The van der Waals surface area contributed by atoms with Gasteiger partial charge in [0.1, 0.15) is 6.29 Å². The highest BCUT2D eigenvalue weighted by Gasteiger charge is 2.22. The van der Waals surface area contributed by atoms with Gasteiger partial charge in [-0.3, -0.25) is 28.9 Å². The van der Waals surface area contributed by atoms with Gasteiger partial charge in [-0.15, -0.1) is 0 Å². The number of rotatable bonds is 16. The first-order valence-corrected chi connectivity index (χ1v) is 13.9. The lowest BCUT2D eigenvalue weighted by Crippen LogP contribution is -2.39. The first-order valence-electron chi connectivity index (χ1n) is 13.9. The summed E-state index contributed by atoms with van der Waals surface area (Å²) in [7, 11) is 1.76. The summed E-state index contributed by atoms with van der Waals surface area (Å²) in [6, 6.07) is 6.45. The third kappa shape index (κ3) is 15.7. The zero-order chi connectivity index (χ0) is 31.9. The van der Waals surface area contributed by atoms with Gasteiger partial charge in [0.15, 0.2) is 0 Å². The van der Waals surface area contributed by atoms with Crippen molar-refractivity contribution in [3.8, 4) is 0 Å². The highest BCUT2D eigenvalue weighted by Crippen LogP contribution is 2.11. The smallest absolute Gasteiger partial charge is 0.253 e. The molecule has 2 unspecified atom stereocenters. The Morgan fingerprint density at radius 2 is 1.60 bits per heavy atom. The molecule has 0 fully saturated rings. The topological polar surface area (TPSA) is 214 Å². The van der Waals surface area contributed by atoms with Crippen LogP contribution in [0.3, 0.4) is 0 Å². The van der Waals surface area contributed by atoms with Gasteiger partial charge in [-0.05, 0) is 62.9 Å². The molecule has 42 heavy (non-hydrogen) atoms. The van der Waals surface area contributed by atoms with Gasteiger partial charge < -0.3 is 37.3 Å². The monoisotopic (exact) mass is 590 g/mol. The number of hydrogen-bond acceptors (Lipinski definition) is 9. The van der Waals surface area contributed by atoms with Crippen LogP contribution in [0.2, 0.25) is 0 Å². The summed E-state index contributed by atoms with van der Waals surface area (Å²) in [6.45, 7) is 4.71. The molecule has 0 saturated carbocycles. The van der Waals surface area contributed by atoms with Crippen LogP contribution in [-0.4, -0.2) is 78.6 Å².